The van der Waals surface area contributed by atoms with Gasteiger partial charge in [0.25, 0.3) is 0 Å². The number of carbonyl (C=O) groups excluding carboxylic acids is 1. The maximum Gasteiger partial charge on any atom is 0.310 e. The number of fused-ring (bicyclic) bond motifs is 1. The molecule has 0 bridgehead atoms. The maximum atomic E-state index is 14.4. The van der Waals surface area contributed by atoms with Gasteiger partial charge in [0.2, 0.25) is 0 Å². The highest BCUT2D eigenvalue weighted by Gasteiger charge is 2.21. The van der Waals surface area contributed by atoms with Crippen molar-refractivity contribution < 1.29 is 18.7 Å². The van der Waals surface area contributed by atoms with Crippen molar-refractivity contribution >= 4 is 29.5 Å². The number of nitrogens with zero attached hydrogens (tertiary/aromatic N) is 3. The predicted molar refractivity (Wildman–Crippen MR) is 116 cm³/mol. The van der Waals surface area contributed by atoms with E-state index in [1.165, 1.54) is 0 Å². The number of rotatable bonds is 11. The van der Waals surface area contributed by atoms with Gasteiger partial charge in [0.15, 0.2) is 17.5 Å². The molecule has 0 aliphatic carbocycles. The molecule has 0 amide bonds. The molecule has 2 aromatic heterocycles. The average molecular weight is 452 g/mol. The summed E-state index contributed by atoms with van der Waals surface area (Å²) in [6.45, 7) is 3.26. The van der Waals surface area contributed by atoms with Crippen LogP contribution in [0.5, 0.6) is 0 Å². The van der Waals surface area contributed by atoms with Crippen LogP contribution in [0.15, 0.2) is 17.4 Å². The molecule has 1 unspecified atom stereocenters. The Balaban J connectivity index is 1.76. The number of hydrogen-bond donors (Lipinski definition) is 2. The third-order valence-corrected chi connectivity index (χ3v) is 5.21. The Morgan fingerprint density at radius 3 is 3.06 bits per heavy atom. The van der Waals surface area contributed by atoms with Crippen LogP contribution in [0.3, 0.4) is 0 Å². The number of anilines is 1. The second-order valence-corrected chi connectivity index (χ2v) is 7.82. The highest BCUT2D eigenvalue weighted by atomic mass is 35.5. The molecular formula is C21H27ClFN5O3. The molecular weight excluding hydrogens is 425 g/mol. The summed E-state index contributed by atoms with van der Waals surface area (Å²) in [6, 6.07) is 0. The molecule has 3 rings (SSSR count). The van der Waals surface area contributed by atoms with Gasteiger partial charge in [0, 0.05) is 30.6 Å². The molecule has 3 heterocycles. The lowest BCUT2D eigenvalue weighted by Crippen LogP contribution is -2.31. The summed E-state index contributed by atoms with van der Waals surface area (Å²) in [5, 5.41) is 3.53. The van der Waals surface area contributed by atoms with Crippen molar-refractivity contribution in [2.75, 3.05) is 38.7 Å². The minimum atomic E-state index is -0.598. The first-order chi connectivity index (χ1) is 15.0. The molecule has 10 heteroatoms. The van der Waals surface area contributed by atoms with Gasteiger partial charge in [-0.05, 0) is 6.42 Å². The van der Waals surface area contributed by atoms with Crippen LogP contribution in [0, 0.1) is 11.7 Å². The minimum absolute atomic E-state index is 0.0290. The first-order valence-corrected chi connectivity index (χ1v) is 10.8. The van der Waals surface area contributed by atoms with E-state index in [0.717, 1.165) is 24.3 Å². The van der Waals surface area contributed by atoms with E-state index < -0.39 is 11.7 Å². The summed E-state index contributed by atoms with van der Waals surface area (Å²) >= 11 is 6.19. The van der Waals surface area contributed by atoms with Crippen LogP contribution in [0.1, 0.15) is 26.2 Å². The van der Waals surface area contributed by atoms with Gasteiger partial charge in [-0.1, -0.05) is 25.8 Å². The number of H-pyrrole nitrogens is 1. The Morgan fingerprint density at radius 2 is 2.29 bits per heavy atom. The SMILES string of the molecule is CCCC[C@@H](CNc1nc(-c2c[nH]c3c2=CC(Cl)CN=3)ncc1F)C(=O)OCCOC. The summed E-state index contributed by atoms with van der Waals surface area (Å²) < 4.78 is 24.6. The molecule has 0 spiro atoms. The number of carbonyl (C=O) groups is 1. The molecule has 2 atom stereocenters. The van der Waals surface area contributed by atoms with Gasteiger partial charge in [-0.15, -0.1) is 11.6 Å². The summed E-state index contributed by atoms with van der Waals surface area (Å²) in [4.78, 5) is 28.3. The number of alkyl halides is 1. The van der Waals surface area contributed by atoms with Crippen LogP contribution in [0.4, 0.5) is 10.2 Å². The van der Waals surface area contributed by atoms with Gasteiger partial charge in [-0.3, -0.25) is 9.79 Å². The third-order valence-electron chi connectivity index (χ3n) is 4.94. The molecule has 0 saturated carbocycles. The number of halogens is 2. The van der Waals surface area contributed by atoms with Gasteiger partial charge < -0.3 is 19.8 Å². The lowest BCUT2D eigenvalue weighted by atomic mass is 10.0. The first kappa shape index (κ1) is 23.1. The number of unbranched alkanes of at least 4 members (excludes halogenated alkanes) is 1. The van der Waals surface area contributed by atoms with E-state index >= 15 is 0 Å². The minimum Gasteiger partial charge on any atom is -0.463 e. The molecule has 0 radical (unpaired) electrons. The van der Waals surface area contributed by atoms with Crippen LogP contribution in [-0.4, -0.2) is 59.7 Å². The zero-order chi connectivity index (χ0) is 22.2. The topological polar surface area (TPSA) is 101 Å². The normalized spacial score (nSPS) is 16.1. The molecule has 0 aromatic carbocycles. The van der Waals surface area contributed by atoms with Crippen molar-refractivity contribution in [3.05, 3.63) is 28.9 Å². The van der Waals surface area contributed by atoms with Gasteiger partial charge in [0.05, 0.1) is 30.6 Å². The van der Waals surface area contributed by atoms with Gasteiger partial charge in [-0.25, -0.2) is 14.4 Å². The standard InChI is InChI=1S/C21H27ClFN5O3/c1-3-4-5-13(21(29)31-7-6-30-2)9-24-20-17(23)12-27-19(28-20)16-11-26-18-15(16)8-14(22)10-25-18/h8,11-14H,3-7,9-10H2,1-2H3,(H,25,26)(H,24,27,28)/t13-,14?/m0/s1. The fourth-order valence-electron chi connectivity index (χ4n) is 3.26. The summed E-state index contributed by atoms with van der Waals surface area (Å²) in [6.07, 6.45) is 7.15. The van der Waals surface area contributed by atoms with Crippen molar-refractivity contribution in [1.82, 2.24) is 15.0 Å². The number of hydrogen-bond acceptors (Lipinski definition) is 7. The van der Waals surface area contributed by atoms with Crippen molar-refractivity contribution in [3.8, 4) is 11.4 Å². The monoisotopic (exact) mass is 451 g/mol. The number of ether oxygens (including phenoxy) is 2. The van der Waals surface area contributed by atoms with E-state index in [-0.39, 0.29) is 30.3 Å². The van der Waals surface area contributed by atoms with Crippen molar-refractivity contribution in [3.63, 3.8) is 0 Å². The molecule has 31 heavy (non-hydrogen) atoms. The molecule has 1 aliphatic rings. The summed E-state index contributed by atoms with van der Waals surface area (Å²) in [5.74, 6) is -0.984. The van der Waals surface area contributed by atoms with Crippen molar-refractivity contribution in [2.45, 2.75) is 31.6 Å². The van der Waals surface area contributed by atoms with E-state index in [1.54, 1.807) is 13.3 Å². The smallest absolute Gasteiger partial charge is 0.310 e. The molecule has 8 nitrogen and oxygen atoms in total. The van der Waals surface area contributed by atoms with E-state index in [4.69, 9.17) is 21.1 Å². The summed E-state index contributed by atoms with van der Waals surface area (Å²) in [5.41, 5.74) is 1.39. The fourth-order valence-corrected chi connectivity index (χ4v) is 3.45. The van der Waals surface area contributed by atoms with Crippen LogP contribution >= 0.6 is 11.6 Å². The van der Waals surface area contributed by atoms with Gasteiger partial charge in [-0.2, -0.15) is 0 Å². The molecule has 2 aromatic rings. The van der Waals surface area contributed by atoms with Crippen molar-refractivity contribution in [2.24, 2.45) is 10.9 Å². The molecule has 2 N–H and O–H groups in total. The zero-order valence-electron chi connectivity index (χ0n) is 17.7. The average Bonchev–Trinajstić information content (AvgIpc) is 3.18. The van der Waals surface area contributed by atoms with E-state index in [2.05, 4.69) is 25.3 Å². The molecule has 0 fully saturated rings. The lowest BCUT2D eigenvalue weighted by molar-refractivity contribution is -0.149. The Morgan fingerprint density at radius 1 is 1.45 bits per heavy atom. The van der Waals surface area contributed by atoms with E-state index in [9.17, 15) is 9.18 Å². The Bertz CT molecular complexity index is 1010. The predicted octanol–water partition coefficient (Wildman–Crippen LogP) is 2.04. The maximum absolute atomic E-state index is 14.4. The first-order valence-electron chi connectivity index (χ1n) is 10.3. The second kappa shape index (κ2) is 11.2. The highest BCUT2D eigenvalue weighted by Crippen LogP contribution is 2.18. The fraction of sp³-hybridized carbons (Fsp3) is 0.524. The molecule has 168 valence electrons. The highest BCUT2D eigenvalue weighted by molar-refractivity contribution is 6.24. The Labute approximate surface area is 184 Å². The number of esters is 1. The van der Waals surface area contributed by atoms with Crippen LogP contribution in [-0.2, 0) is 14.3 Å². The van der Waals surface area contributed by atoms with Crippen LogP contribution in [0.2, 0.25) is 0 Å². The largest absolute Gasteiger partial charge is 0.463 e. The third kappa shape index (κ3) is 6.01. The molecule has 1 aliphatic heterocycles. The Hall–Kier alpha value is -2.52. The lowest BCUT2D eigenvalue weighted by Gasteiger charge is -2.17. The Kier molecular flexibility index (Phi) is 8.36. The van der Waals surface area contributed by atoms with Crippen LogP contribution < -0.4 is 16.0 Å². The summed E-state index contributed by atoms with van der Waals surface area (Å²) in [7, 11) is 1.54. The van der Waals surface area contributed by atoms with Gasteiger partial charge >= 0.3 is 5.97 Å². The quantitative estimate of drug-likeness (QED) is 0.308. The number of methoxy groups -OCH3 is 1. The molecule has 0 saturated heterocycles. The zero-order valence-corrected chi connectivity index (χ0v) is 18.4. The second-order valence-electron chi connectivity index (χ2n) is 7.26. The number of aromatic nitrogens is 3. The number of aromatic amines is 1. The van der Waals surface area contributed by atoms with E-state index in [0.29, 0.717) is 36.4 Å². The van der Waals surface area contributed by atoms with Gasteiger partial charge in [0.1, 0.15) is 12.1 Å². The number of nitrogens with one attached hydrogen (secondary N) is 2. The van der Waals surface area contributed by atoms with E-state index in [1.807, 2.05) is 13.0 Å². The van der Waals surface area contributed by atoms with Crippen molar-refractivity contribution in [1.29, 1.82) is 0 Å². The van der Waals surface area contributed by atoms with Crippen LogP contribution in [0.25, 0.3) is 17.5 Å².